The maximum absolute atomic E-state index is 4.58. The second-order valence-electron chi connectivity index (χ2n) is 3.04. The summed E-state index contributed by atoms with van der Waals surface area (Å²) in [6.45, 7) is 8.63. The van der Waals surface area contributed by atoms with Crippen LogP contribution in [0.25, 0.3) is 0 Å². The van der Waals surface area contributed by atoms with E-state index in [0.29, 0.717) is 6.04 Å². The van der Waals surface area contributed by atoms with Crippen molar-refractivity contribution in [3.05, 3.63) is 12.2 Å². The number of aliphatic imine (C=N–C) groups is 1. The van der Waals surface area contributed by atoms with Gasteiger partial charge >= 0.3 is 0 Å². The Labute approximate surface area is 76.6 Å². The molecule has 0 bridgehead atoms. The summed E-state index contributed by atoms with van der Waals surface area (Å²) < 4.78 is 0. The molecule has 1 unspecified atom stereocenters. The lowest BCUT2D eigenvalue weighted by Gasteiger charge is -2.03. The number of rotatable bonds is 5. The van der Waals surface area contributed by atoms with Crippen LogP contribution >= 0.6 is 0 Å². The Morgan fingerprint density at radius 3 is 2.42 bits per heavy atom. The van der Waals surface area contributed by atoms with Crippen molar-refractivity contribution < 1.29 is 0 Å². The molecule has 0 aliphatic carbocycles. The fourth-order valence-corrected chi connectivity index (χ4v) is 0.880. The molecule has 0 saturated carbocycles. The standard InChI is InChI=1S/C11H21N/c1-5-8-9-11(7-3)12-10(4)6-2/h8-10H,5-7H2,1-4H3/b9-8-,12-11-. The molecule has 0 aromatic carbocycles. The van der Waals surface area contributed by atoms with Crippen LogP contribution in [0.3, 0.4) is 0 Å². The predicted octanol–water partition coefficient (Wildman–Crippen LogP) is 3.60. The average molecular weight is 167 g/mol. The van der Waals surface area contributed by atoms with E-state index in [0.717, 1.165) is 19.3 Å². The Hall–Kier alpha value is -0.590. The Kier molecular flexibility index (Phi) is 6.73. The van der Waals surface area contributed by atoms with Crippen LogP contribution in [0.4, 0.5) is 0 Å². The van der Waals surface area contributed by atoms with Crippen LogP contribution < -0.4 is 0 Å². The van der Waals surface area contributed by atoms with Crippen molar-refractivity contribution in [2.45, 2.75) is 53.0 Å². The summed E-state index contributed by atoms with van der Waals surface area (Å²) >= 11 is 0. The van der Waals surface area contributed by atoms with Crippen molar-refractivity contribution >= 4 is 5.71 Å². The first-order valence-electron chi connectivity index (χ1n) is 4.97. The van der Waals surface area contributed by atoms with Gasteiger partial charge in [0.15, 0.2) is 0 Å². The van der Waals surface area contributed by atoms with Crippen LogP contribution in [0, 0.1) is 0 Å². The molecule has 1 atom stereocenters. The van der Waals surface area contributed by atoms with Gasteiger partial charge in [0, 0.05) is 11.8 Å². The van der Waals surface area contributed by atoms with E-state index in [1.54, 1.807) is 0 Å². The van der Waals surface area contributed by atoms with Crippen molar-refractivity contribution in [1.82, 2.24) is 0 Å². The Morgan fingerprint density at radius 1 is 1.33 bits per heavy atom. The molecule has 0 amide bonds. The molecule has 0 rings (SSSR count). The summed E-state index contributed by atoms with van der Waals surface area (Å²) in [6.07, 6.45) is 7.58. The van der Waals surface area contributed by atoms with Crippen LogP contribution in [-0.4, -0.2) is 11.8 Å². The summed E-state index contributed by atoms with van der Waals surface area (Å²) in [4.78, 5) is 4.58. The van der Waals surface area contributed by atoms with E-state index >= 15 is 0 Å². The Morgan fingerprint density at radius 2 is 2.00 bits per heavy atom. The smallest absolute Gasteiger partial charge is 0.0472 e. The molecule has 0 aliphatic heterocycles. The van der Waals surface area contributed by atoms with E-state index in [2.05, 4.69) is 44.8 Å². The van der Waals surface area contributed by atoms with Gasteiger partial charge in [0.25, 0.3) is 0 Å². The summed E-state index contributed by atoms with van der Waals surface area (Å²) in [5, 5.41) is 0. The fourth-order valence-electron chi connectivity index (χ4n) is 0.880. The minimum absolute atomic E-state index is 0.474. The molecule has 1 heteroatoms. The molecule has 1 nitrogen and oxygen atoms in total. The van der Waals surface area contributed by atoms with Crippen LogP contribution in [0.2, 0.25) is 0 Å². The first-order valence-corrected chi connectivity index (χ1v) is 4.97. The maximum atomic E-state index is 4.58. The van der Waals surface area contributed by atoms with Crippen LogP contribution in [0.15, 0.2) is 17.1 Å². The first-order chi connectivity index (χ1) is 5.74. The van der Waals surface area contributed by atoms with E-state index in [1.165, 1.54) is 5.71 Å². The molecular weight excluding hydrogens is 146 g/mol. The summed E-state index contributed by atoms with van der Waals surface area (Å²) in [5.41, 5.74) is 1.23. The minimum atomic E-state index is 0.474. The van der Waals surface area contributed by atoms with Gasteiger partial charge < -0.3 is 0 Å². The quantitative estimate of drug-likeness (QED) is 0.555. The van der Waals surface area contributed by atoms with E-state index in [-0.39, 0.29) is 0 Å². The van der Waals surface area contributed by atoms with Gasteiger partial charge in [-0.05, 0) is 32.3 Å². The molecule has 0 heterocycles. The molecule has 0 N–H and O–H groups in total. The third-order valence-corrected chi connectivity index (χ3v) is 1.89. The third kappa shape index (κ3) is 5.11. The molecule has 0 aliphatic rings. The molecule has 0 fully saturated rings. The van der Waals surface area contributed by atoms with Crippen molar-refractivity contribution in [3.63, 3.8) is 0 Å². The highest BCUT2D eigenvalue weighted by Gasteiger charge is 1.95. The highest BCUT2D eigenvalue weighted by atomic mass is 14.8. The van der Waals surface area contributed by atoms with Gasteiger partial charge in [0.2, 0.25) is 0 Å². The highest BCUT2D eigenvalue weighted by Crippen LogP contribution is 1.99. The average Bonchev–Trinajstić information content (AvgIpc) is 2.11. The zero-order valence-corrected chi connectivity index (χ0v) is 8.80. The molecule has 0 aromatic heterocycles. The lowest BCUT2D eigenvalue weighted by Crippen LogP contribution is -2.01. The highest BCUT2D eigenvalue weighted by molar-refractivity contribution is 5.94. The molecule has 12 heavy (non-hydrogen) atoms. The normalized spacial score (nSPS) is 15.5. The summed E-state index contributed by atoms with van der Waals surface area (Å²) in [7, 11) is 0. The lowest BCUT2D eigenvalue weighted by atomic mass is 10.2. The largest absolute Gasteiger partial charge is 0.287 e. The molecule has 0 aromatic rings. The Balaban J connectivity index is 4.12. The van der Waals surface area contributed by atoms with E-state index in [1.807, 2.05) is 0 Å². The predicted molar refractivity (Wildman–Crippen MR) is 56.9 cm³/mol. The van der Waals surface area contributed by atoms with Crippen molar-refractivity contribution in [3.8, 4) is 0 Å². The third-order valence-electron chi connectivity index (χ3n) is 1.89. The Bertz CT molecular complexity index is 156. The molecule has 0 radical (unpaired) electrons. The van der Waals surface area contributed by atoms with Crippen LogP contribution in [0.1, 0.15) is 47.0 Å². The van der Waals surface area contributed by atoms with Gasteiger partial charge in [-0.1, -0.05) is 26.8 Å². The number of hydrogen-bond acceptors (Lipinski definition) is 1. The van der Waals surface area contributed by atoms with Gasteiger partial charge in [-0.3, -0.25) is 4.99 Å². The summed E-state index contributed by atoms with van der Waals surface area (Å²) in [5.74, 6) is 0. The van der Waals surface area contributed by atoms with E-state index in [4.69, 9.17) is 0 Å². The topological polar surface area (TPSA) is 12.4 Å². The monoisotopic (exact) mass is 167 g/mol. The van der Waals surface area contributed by atoms with Crippen molar-refractivity contribution in [2.24, 2.45) is 4.99 Å². The first kappa shape index (κ1) is 11.4. The van der Waals surface area contributed by atoms with Gasteiger partial charge in [-0.25, -0.2) is 0 Å². The number of hydrogen-bond donors (Lipinski definition) is 0. The van der Waals surface area contributed by atoms with Crippen molar-refractivity contribution in [1.29, 1.82) is 0 Å². The SMILES string of the molecule is CC/C=C\C(CC)=N/C(C)CC. The molecule has 0 saturated heterocycles. The summed E-state index contributed by atoms with van der Waals surface area (Å²) in [6, 6.07) is 0.474. The molecule has 0 spiro atoms. The van der Waals surface area contributed by atoms with Gasteiger partial charge in [-0.2, -0.15) is 0 Å². The van der Waals surface area contributed by atoms with Gasteiger partial charge in [0.05, 0.1) is 0 Å². The zero-order valence-electron chi connectivity index (χ0n) is 8.80. The maximum Gasteiger partial charge on any atom is 0.0472 e. The second kappa shape index (κ2) is 7.08. The zero-order chi connectivity index (χ0) is 9.40. The lowest BCUT2D eigenvalue weighted by molar-refractivity contribution is 0.715. The molecular formula is C11H21N. The van der Waals surface area contributed by atoms with Gasteiger partial charge in [0.1, 0.15) is 0 Å². The van der Waals surface area contributed by atoms with E-state index in [9.17, 15) is 0 Å². The second-order valence-corrected chi connectivity index (χ2v) is 3.04. The van der Waals surface area contributed by atoms with Crippen LogP contribution in [0.5, 0.6) is 0 Å². The van der Waals surface area contributed by atoms with Gasteiger partial charge in [-0.15, -0.1) is 0 Å². The number of nitrogens with zero attached hydrogens (tertiary/aromatic N) is 1. The minimum Gasteiger partial charge on any atom is -0.287 e. The van der Waals surface area contributed by atoms with E-state index < -0.39 is 0 Å². The fraction of sp³-hybridized carbons (Fsp3) is 0.727. The molecule has 70 valence electrons. The van der Waals surface area contributed by atoms with Crippen LogP contribution in [-0.2, 0) is 0 Å². The van der Waals surface area contributed by atoms with Crippen molar-refractivity contribution in [2.75, 3.05) is 0 Å². The number of allylic oxidation sites excluding steroid dienone is 2.